The van der Waals surface area contributed by atoms with E-state index in [1.54, 1.807) is 11.1 Å². The highest BCUT2D eigenvalue weighted by Gasteiger charge is 2.13. The minimum Gasteiger partial charge on any atom is -0.316 e. The number of fused-ring (bicyclic) bond motifs is 1. The number of nitrogens with one attached hydrogen (secondary N) is 2. The maximum atomic E-state index is 3.62. The maximum absolute atomic E-state index is 3.62. The van der Waals surface area contributed by atoms with Gasteiger partial charge < -0.3 is 10.6 Å². The van der Waals surface area contributed by atoms with Gasteiger partial charge in [0.15, 0.2) is 0 Å². The van der Waals surface area contributed by atoms with Crippen LogP contribution in [0.3, 0.4) is 0 Å². The molecule has 0 amide bonds. The van der Waals surface area contributed by atoms with Crippen LogP contribution in [0.25, 0.3) is 0 Å². The Morgan fingerprint density at radius 1 is 1.16 bits per heavy atom. The molecule has 1 heterocycles. The van der Waals surface area contributed by atoms with Crippen molar-refractivity contribution in [3.05, 3.63) is 34.9 Å². The zero-order valence-corrected chi connectivity index (χ0v) is 11.9. The van der Waals surface area contributed by atoms with Crippen LogP contribution in [-0.4, -0.2) is 26.2 Å². The van der Waals surface area contributed by atoms with Crippen molar-refractivity contribution in [2.45, 2.75) is 38.5 Å². The Hall–Kier alpha value is -0.860. The third-order valence-electron chi connectivity index (χ3n) is 4.60. The van der Waals surface area contributed by atoms with Gasteiger partial charge in [-0.25, -0.2) is 0 Å². The van der Waals surface area contributed by atoms with Crippen molar-refractivity contribution in [2.24, 2.45) is 5.92 Å². The average Bonchev–Trinajstić information content (AvgIpc) is 2.97. The summed E-state index contributed by atoms with van der Waals surface area (Å²) >= 11 is 0. The molecule has 1 saturated heterocycles. The SMILES string of the molecule is c1cc2c(cc1CCNCC1CCNC1)CCCC2. The molecule has 1 aliphatic carbocycles. The Kier molecular flexibility index (Phi) is 4.52. The molecular formula is C17H26N2. The van der Waals surface area contributed by atoms with E-state index in [4.69, 9.17) is 0 Å². The third-order valence-corrected chi connectivity index (χ3v) is 4.60. The van der Waals surface area contributed by atoms with Gasteiger partial charge in [0, 0.05) is 0 Å². The summed E-state index contributed by atoms with van der Waals surface area (Å²) in [5, 5.41) is 7.04. The first kappa shape index (κ1) is 13.1. The molecule has 0 bridgehead atoms. The van der Waals surface area contributed by atoms with Gasteiger partial charge in [0.05, 0.1) is 0 Å². The van der Waals surface area contributed by atoms with Gasteiger partial charge >= 0.3 is 0 Å². The van der Waals surface area contributed by atoms with Crippen LogP contribution in [0.1, 0.15) is 36.0 Å². The first-order valence-corrected chi connectivity index (χ1v) is 7.94. The van der Waals surface area contributed by atoms with E-state index in [9.17, 15) is 0 Å². The number of rotatable bonds is 5. The number of hydrogen-bond donors (Lipinski definition) is 2. The van der Waals surface area contributed by atoms with Gasteiger partial charge in [0.25, 0.3) is 0 Å². The molecule has 1 aliphatic heterocycles. The highest BCUT2D eigenvalue weighted by Crippen LogP contribution is 2.22. The molecule has 2 nitrogen and oxygen atoms in total. The highest BCUT2D eigenvalue weighted by atomic mass is 14.9. The molecule has 3 rings (SSSR count). The van der Waals surface area contributed by atoms with Crippen LogP contribution in [0.2, 0.25) is 0 Å². The summed E-state index contributed by atoms with van der Waals surface area (Å²) in [6.07, 6.45) is 7.86. The van der Waals surface area contributed by atoms with Crippen LogP contribution < -0.4 is 10.6 Å². The topological polar surface area (TPSA) is 24.1 Å². The summed E-state index contributed by atoms with van der Waals surface area (Å²) in [4.78, 5) is 0. The molecule has 2 heteroatoms. The predicted molar refractivity (Wildman–Crippen MR) is 80.6 cm³/mol. The van der Waals surface area contributed by atoms with Gasteiger partial charge in [-0.1, -0.05) is 18.2 Å². The van der Waals surface area contributed by atoms with E-state index in [1.165, 1.54) is 63.7 Å². The van der Waals surface area contributed by atoms with Crippen LogP contribution in [0, 0.1) is 5.92 Å². The molecule has 1 aromatic carbocycles. The van der Waals surface area contributed by atoms with Crippen LogP contribution in [0.4, 0.5) is 0 Å². The summed E-state index contributed by atoms with van der Waals surface area (Å²) in [6, 6.07) is 7.15. The quantitative estimate of drug-likeness (QED) is 0.792. The molecule has 0 aromatic heterocycles. The fourth-order valence-corrected chi connectivity index (χ4v) is 3.37. The number of hydrogen-bond acceptors (Lipinski definition) is 2. The lowest BCUT2D eigenvalue weighted by Gasteiger charge is -2.17. The van der Waals surface area contributed by atoms with Crippen LogP contribution in [0.15, 0.2) is 18.2 Å². The van der Waals surface area contributed by atoms with Gasteiger partial charge in [-0.2, -0.15) is 0 Å². The lowest BCUT2D eigenvalue weighted by atomic mass is 9.90. The minimum absolute atomic E-state index is 0.850. The average molecular weight is 258 g/mol. The predicted octanol–water partition coefficient (Wildman–Crippen LogP) is 2.31. The van der Waals surface area contributed by atoms with Gasteiger partial charge in [0.1, 0.15) is 0 Å². The lowest BCUT2D eigenvalue weighted by Crippen LogP contribution is -2.26. The Balaban J connectivity index is 1.44. The summed E-state index contributed by atoms with van der Waals surface area (Å²) < 4.78 is 0. The van der Waals surface area contributed by atoms with Gasteiger partial charge in [-0.05, 0) is 87.3 Å². The molecule has 1 atom stereocenters. The second-order valence-electron chi connectivity index (χ2n) is 6.12. The largest absolute Gasteiger partial charge is 0.316 e. The van der Waals surface area contributed by atoms with E-state index in [0.29, 0.717) is 0 Å². The smallest absolute Gasteiger partial charge is 0.000777 e. The minimum atomic E-state index is 0.850. The first-order valence-electron chi connectivity index (χ1n) is 7.94. The highest BCUT2D eigenvalue weighted by molar-refractivity contribution is 5.33. The Labute approximate surface area is 117 Å². The Bertz CT molecular complexity index is 408. The standard InChI is InChI=1S/C17H26N2/c1-2-4-17-11-14(5-6-16(17)3-1)7-9-18-12-15-8-10-19-13-15/h5-6,11,15,18-19H,1-4,7-10,12-13H2. The van der Waals surface area contributed by atoms with Crippen LogP contribution in [-0.2, 0) is 19.3 Å². The Morgan fingerprint density at radius 3 is 2.89 bits per heavy atom. The molecule has 1 fully saturated rings. The molecule has 104 valence electrons. The summed E-state index contributed by atoms with van der Waals surface area (Å²) in [5.74, 6) is 0.850. The van der Waals surface area contributed by atoms with E-state index in [2.05, 4.69) is 28.8 Å². The van der Waals surface area contributed by atoms with Gasteiger partial charge in [-0.3, -0.25) is 0 Å². The van der Waals surface area contributed by atoms with Crippen LogP contribution in [0.5, 0.6) is 0 Å². The van der Waals surface area contributed by atoms with Crippen LogP contribution >= 0.6 is 0 Å². The van der Waals surface area contributed by atoms with E-state index >= 15 is 0 Å². The zero-order valence-electron chi connectivity index (χ0n) is 11.9. The first-order chi connectivity index (χ1) is 9.42. The van der Waals surface area contributed by atoms with Gasteiger partial charge in [-0.15, -0.1) is 0 Å². The molecular weight excluding hydrogens is 232 g/mol. The number of benzene rings is 1. The zero-order chi connectivity index (χ0) is 12.9. The van der Waals surface area contributed by atoms with Crippen molar-refractivity contribution in [1.82, 2.24) is 10.6 Å². The molecule has 2 N–H and O–H groups in total. The number of aryl methyl sites for hydroxylation is 2. The maximum Gasteiger partial charge on any atom is -0.000777 e. The monoisotopic (exact) mass is 258 g/mol. The van der Waals surface area contributed by atoms with E-state index in [0.717, 1.165) is 12.5 Å². The van der Waals surface area contributed by atoms with E-state index < -0.39 is 0 Å². The van der Waals surface area contributed by atoms with Crippen molar-refractivity contribution in [1.29, 1.82) is 0 Å². The summed E-state index contributed by atoms with van der Waals surface area (Å²) in [7, 11) is 0. The van der Waals surface area contributed by atoms with Crippen molar-refractivity contribution in [3.63, 3.8) is 0 Å². The van der Waals surface area contributed by atoms with Crippen molar-refractivity contribution >= 4 is 0 Å². The molecule has 0 spiro atoms. The van der Waals surface area contributed by atoms with Crippen molar-refractivity contribution in [2.75, 3.05) is 26.2 Å². The third kappa shape index (κ3) is 3.58. The van der Waals surface area contributed by atoms with Gasteiger partial charge in [0.2, 0.25) is 0 Å². The summed E-state index contributed by atoms with van der Waals surface area (Å²) in [5.41, 5.74) is 4.72. The normalized spacial score (nSPS) is 22.4. The Morgan fingerprint density at radius 2 is 2.05 bits per heavy atom. The summed E-state index contributed by atoms with van der Waals surface area (Å²) in [6.45, 7) is 4.70. The fraction of sp³-hybridized carbons (Fsp3) is 0.647. The molecule has 19 heavy (non-hydrogen) atoms. The molecule has 1 unspecified atom stereocenters. The lowest BCUT2D eigenvalue weighted by molar-refractivity contribution is 0.515. The second-order valence-corrected chi connectivity index (χ2v) is 6.12. The second kappa shape index (κ2) is 6.53. The molecule has 0 radical (unpaired) electrons. The van der Waals surface area contributed by atoms with Crippen molar-refractivity contribution < 1.29 is 0 Å². The fourth-order valence-electron chi connectivity index (χ4n) is 3.37. The molecule has 2 aliphatic rings. The van der Waals surface area contributed by atoms with E-state index in [1.807, 2.05) is 0 Å². The molecule has 0 saturated carbocycles. The molecule has 1 aromatic rings. The van der Waals surface area contributed by atoms with Crippen molar-refractivity contribution in [3.8, 4) is 0 Å². The van der Waals surface area contributed by atoms with E-state index in [-0.39, 0.29) is 0 Å².